The van der Waals surface area contributed by atoms with Gasteiger partial charge < -0.3 is 4.74 Å². The number of esters is 1. The molecule has 3 rings (SSSR count). The monoisotopic (exact) mass is 343 g/mol. The van der Waals surface area contributed by atoms with Gasteiger partial charge in [0.05, 0.1) is 5.56 Å². The summed E-state index contributed by atoms with van der Waals surface area (Å²) < 4.78 is 5.42. The van der Waals surface area contributed by atoms with Crippen molar-refractivity contribution >= 4 is 17.8 Å². The molecule has 0 saturated heterocycles. The van der Waals surface area contributed by atoms with Gasteiger partial charge in [0.2, 0.25) is 5.78 Å². The van der Waals surface area contributed by atoms with E-state index in [-0.39, 0.29) is 11.5 Å². The van der Waals surface area contributed by atoms with E-state index in [1.165, 1.54) is 6.08 Å². The van der Waals surface area contributed by atoms with Crippen LogP contribution in [-0.4, -0.2) is 16.7 Å². The summed E-state index contributed by atoms with van der Waals surface area (Å²) in [5.74, 6) is -0.601. The number of aromatic nitrogens is 1. The summed E-state index contributed by atoms with van der Waals surface area (Å²) in [6.45, 7) is 1.80. The number of pyridine rings is 1. The lowest BCUT2D eigenvalue weighted by molar-refractivity contribution is -0.128. The van der Waals surface area contributed by atoms with Crippen LogP contribution in [0.3, 0.4) is 0 Å². The number of ether oxygens (including phenoxy) is 1. The zero-order valence-electron chi connectivity index (χ0n) is 14.3. The fourth-order valence-corrected chi connectivity index (χ4v) is 2.51. The van der Waals surface area contributed by atoms with Crippen LogP contribution >= 0.6 is 0 Å². The van der Waals surface area contributed by atoms with E-state index < -0.39 is 5.97 Å². The quantitative estimate of drug-likeness (QED) is 0.301. The molecule has 1 heterocycles. The first-order valence-electron chi connectivity index (χ1n) is 8.15. The summed E-state index contributed by atoms with van der Waals surface area (Å²) in [5.41, 5.74) is 2.25. The number of ketones is 1. The smallest absolute Gasteiger partial charge is 0.336 e. The topological polar surface area (TPSA) is 56.3 Å². The van der Waals surface area contributed by atoms with Crippen molar-refractivity contribution in [2.24, 2.45) is 0 Å². The van der Waals surface area contributed by atoms with Crippen LogP contribution in [0.15, 0.2) is 79.0 Å². The van der Waals surface area contributed by atoms with Crippen molar-refractivity contribution in [1.82, 2.24) is 4.98 Å². The van der Waals surface area contributed by atoms with Gasteiger partial charge in [0.15, 0.2) is 0 Å². The molecule has 0 fully saturated rings. The van der Waals surface area contributed by atoms with E-state index in [4.69, 9.17) is 4.74 Å². The van der Waals surface area contributed by atoms with Gasteiger partial charge in [-0.2, -0.15) is 0 Å². The van der Waals surface area contributed by atoms with E-state index in [1.807, 2.05) is 30.3 Å². The molecule has 0 radical (unpaired) electrons. The molecule has 4 heteroatoms. The number of rotatable bonds is 5. The number of hydrogen-bond donors (Lipinski definition) is 0. The van der Waals surface area contributed by atoms with Gasteiger partial charge in [0, 0.05) is 12.3 Å². The average molecular weight is 343 g/mol. The van der Waals surface area contributed by atoms with Crippen molar-refractivity contribution in [1.29, 1.82) is 0 Å². The molecule has 0 atom stereocenters. The Labute approximate surface area is 151 Å². The molecule has 0 amide bonds. The fourth-order valence-electron chi connectivity index (χ4n) is 2.51. The van der Waals surface area contributed by atoms with E-state index in [0.717, 1.165) is 11.1 Å². The van der Waals surface area contributed by atoms with Crippen molar-refractivity contribution in [2.45, 2.75) is 6.92 Å². The molecular weight excluding hydrogens is 326 g/mol. The SMILES string of the molecule is Cc1cccc(OC(=O)C=Cc2ccccc2)c1C(=O)c1ccccn1. The standard InChI is InChI=1S/C22H17NO3/c1-16-8-7-12-19(21(16)22(25)18-11-5-6-15-23-18)26-20(24)14-13-17-9-3-2-4-10-17/h2-15H,1H3. The molecule has 0 aliphatic rings. The van der Waals surface area contributed by atoms with Gasteiger partial charge >= 0.3 is 5.97 Å². The maximum Gasteiger partial charge on any atom is 0.336 e. The van der Waals surface area contributed by atoms with Crippen LogP contribution in [0.4, 0.5) is 0 Å². The predicted molar refractivity (Wildman–Crippen MR) is 100.0 cm³/mol. The summed E-state index contributed by atoms with van der Waals surface area (Å²) in [7, 11) is 0. The van der Waals surface area contributed by atoms with Crippen molar-refractivity contribution in [3.05, 3.63) is 101 Å². The molecule has 0 aliphatic heterocycles. The summed E-state index contributed by atoms with van der Waals surface area (Å²) in [6, 6.07) is 19.7. The minimum Gasteiger partial charge on any atom is -0.423 e. The van der Waals surface area contributed by atoms with Gasteiger partial charge in [-0.15, -0.1) is 0 Å². The third-order valence-corrected chi connectivity index (χ3v) is 3.78. The number of carbonyl (C=O) groups is 2. The Bertz CT molecular complexity index is 948. The number of carbonyl (C=O) groups excluding carboxylic acids is 2. The molecule has 128 valence electrons. The summed E-state index contributed by atoms with van der Waals surface area (Å²) >= 11 is 0. The molecule has 4 nitrogen and oxygen atoms in total. The summed E-state index contributed by atoms with van der Waals surface area (Å²) in [5, 5.41) is 0. The van der Waals surface area contributed by atoms with Gasteiger partial charge in [-0.25, -0.2) is 4.79 Å². The van der Waals surface area contributed by atoms with Crippen molar-refractivity contribution in [3.8, 4) is 5.75 Å². The van der Waals surface area contributed by atoms with Crippen LogP contribution in [0.1, 0.15) is 27.2 Å². The second kappa shape index (κ2) is 8.03. The van der Waals surface area contributed by atoms with Crippen LogP contribution in [0.25, 0.3) is 6.08 Å². The lowest BCUT2D eigenvalue weighted by Crippen LogP contribution is -2.12. The van der Waals surface area contributed by atoms with E-state index in [1.54, 1.807) is 55.6 Å². The highest BCUT2D eigenvalue weighted by Gasteiger charge is 2.19. The predicted octanol–water partition coefficient (Wildman–Crippen LogP) is 4.24. The van der Waals surface area contributed by atoms with Gasteiger partial charge in [0.1, 0.15) is 11.4 Å². The molecule has 0 N–H and O–H groups in total. The summed E-state index contributed by atoms with van der Waals surface area (Å²) in [4.78, 5) is 29.0. The van der Waals surface area contributed by atoms with Gasteiger partial charge in [-0.1, -0.05) is 48.5 Å². The van der Waals surface area contributed by atoms with Crippen molar-refractivity contribution in [3.63, 3.8) is 0 Å². The van der Waals surface area contributed by atoms with Crippen LogP contribution in [0.5, 0.6) is 5.75 Å². The first-order valence-corrected chi connectivity index (χ1v) is 8.15. The lowest BCUT2D eigenvalue weighted by Gasteiger charge is -2.10. The molecule has 1 aromatic heterocycles. The molecule has 0 bridgehead atoms. The minimum absolute atomic E-state index is 0.225. The molecule has 0 spiro atoms. The fraction of sp³-hybridized carbons (Fsp3) is 0.0455. The number of aryl methyl sites for hydroxylation is 1. The van der Waals surface area contributed by atoms with E-state index in [9.17, 15) is 9.59 Å². The van der Waals surface area contributed by atoms with Gasteiger partial charge in [-0.05, 0) is 42.3 Å². The zero-order chi connectivity index (χ0) is 18.4. The van der Waals surface area contributed by atoms with Gasteiger partial charge in [0.25, 0.3) is 0 Å². The van der Waals surface area contributed by atoms with Crippen LogP contribution in [0.2, 0.25) is 0 Å². The Morgan fingerprint density at radius 3 is 2.42 bits per heavy atom. The molecule has 26 heavy (non-hydrogen) atoms. The third kappa shape index (κ3) is 4.11. The van der Waals surface area contributed by atoms with E-state index in [2.05, 4.69) is 4.98 Å². The minimum atomic E-state index is -0.547. The summed E-state index contributed by atoms with van der Waals surface area (Å²) in [6.07, 6.45) is 4.56. The first-order chi connectivity index (χ1) is 12.6. The Kier molecular flexibility index (Phi) is 5.34. The first kappa shape index (κ1) is 17.3. The highest BCUT2D eigenvalue weighted by Crippen LogP contribution is 2.25. The van der Waals surface area contributed by atoms with Crippen LogP contribution in [0, 0.1) is 6.92 Å². The second-order valence-electron chi connectivity index (χ2n) is 5.66. The maximum atomic E-state index is 12.8. The van der Waals surface area contributed by atoms with Crippen molar-refractivity contribution < 1.29 is 14.3 Å². The average Bonchev–Trinajstić information content (AvgIpc) is 2.68. The van der Waals surface area contributed by atoms with Crippen LogP contribution < -0.4 is 4.74 Å². The third-order valence-electron chi connectivity index (χ3n) is 3.78. The normalized spacial score (nSPS) is 10.7. The Morgan fingerprint density at radius 1 is 0.923 bits per heavy atom. The van der Waals surface area contributed by atoms with Crippen LogP contribution in [-0.2, 0) is 4.79 Å². The molecule has 0 unspecified atom stereocenters. The van der Waals surface area contributed by atoms with E-state index in [0.29, 0.717) is 11.3 Å². The molecule has 0 saturated carbocycles. The number of nitrogens with zero attached hydrogens (tertiary/aromatic N) is 1. The maximum absolute atomic E-state index is 12.8. The number of benzene rings is 2. The second-order valence-corrected chi connectivity index (χ2v) is 5.66. The Hall–Kier alpha value is -3.53. The molecule has 2 aromatic carbocycles. The molecular formula is C22H17NO3. The zero-order valence-corrected chi connectivity index (χ0v) is 14.3. The Balaban J connectivity index is 1.84. The van der Waals surface area contributed by atoms with E-state index >= 15 is 0 Å². The highest BCUT2D eigenvalue weighted by atomic mass is 16.5. The number of hydrogen-bond acceptors (Lipinski definition) is 4. The van der Waals surface area contributed by atoms with Crippen molar-refractivity contribution in [2.75, 3.05) is 0 Å². The highest BCUT2D eigenvalue weighted by molar-refractivity contribution is 6.11. The molecule has 0 aliphatic carbocycles. The largest absolute Gasteiger partial charge is 0.423 e. The molecule has 3 aromatic rings. The van der Waals surface area contributed by atoms with Gasteiger partial charge in [-0.3, -0.25) is 9.78 Å². The lowest BCUT2D eigenvalue weighted by atomic mass is 10.0. The Morgan fingerprint density at radius 2 is 1.69 bits per heavy atom.